The molecular formula is C19H23N. The summed E-state index contributed by atoms with van der Waals surface area (Å²) in [6.07, 6.45) is 2.26. The Morgan fingerprint density at radius 1 is 1.10 bits per heavy atom. The van der Waals surface area contributed by atoms with Crippen molar-refractivity contribution in [3.05, 3.63) is 64.7 Å². The van der Waals surface area contributed by atoms with Gasteiger partial charge in [-0.15, -0.1) is 0 Å². The highest BCUT2D eigenvalue weighted by atomic mass is 14.9. The van der Waals surface area contributed by atoms with E-state index in [1.807, 2.05) is 0 Å². The molecule has 2 aromatic rings. The second-order valence-corrected chi connectivity index (χ2v) is 6.40. The zero-order valence-electron chi connectivity index (χ0n) is 12.6. The number of aryl methyl sites for hydroxylation is 1. The van der Waals surface area contributed by atoms with Crippen LogP contribution in [0.2, 0.25) is 0 Å². The molecule has 20 heavy (non-hydrogen) atoms. The number of fused-ring (bicyclic) bond motifs is 1. The smallest absolute Gasteiger partial charge is 0.0555 e. The van der Waals surface area contributed by atoms with Gasteiger partial charge < -0.3 is 5.32 Å². The molecule has 0 fully saturated rings. The van der Waals surface area contributed by atoms with Crippen LogP contribution in [0.4, 0.5) is 5.69 Å². The molecule has 1 aliphatic heterocycles. The lowest BCUT2D eigenvalue weighted by Crippen LogP contribution is -2.05. The van der Waals surface area contributed by atoms with Crippen LogP contribution < -0.4 is 5.32 Å². The predicted octanol–water partition coefficient (Wildman–Crippen LogP) is 4.90. The van der Waals surface area contributed by atoms with Gasteiger partial charge in [0, 0.05) is 5.69 Å². The maximum absolute atomic E-state index is 3.64. The Balaban J connectivity index is 1.75. The van der Waals surface area contributed by atoms with E-state index >= 15 is 0 Å². The minimum absolute atomic E-state index is 0.430. The highest BCUT2D eigenvalue weighted by Gasteiger charge is 2.21. The number of hydrogen-bond donors (Lipinski definition) is 1. The summed E-state index contributed by atoms with van der Waals surface area (Å²) in [5.41, 5.74) is 6.92. The highest BCUT2D eigenvalue weighted by molar-refractivity contribution is 5.59. The maximum Gasteiger partial charge on any atom is 0.0555 e. The van der Waals surface area contributed by atoms with Crippen LogP contribution in [0.3, 0.4) is 0 Å². The fraction of sp³-hybridized carbons (Fsp3) is 0.368. The molecule has 0 saturated carbocycles. The standard InChI is InChI=1S/C19H23N/c1-13(2)10-15-5-7-16(8-6-15)19-12-17-11-14(3)4-9-18(17)20-19/h4-9,11,13,19-20H,10,12H2,1-3H3. The number of hydrogen-bond acceptors (Lipinski definition) is 1. The highest BCUT2D eigenvalue weighted by Crippen LogP contribution is 2.34. The molecule has 0 amide bonds. The van der Waals surface area contributed by atoms with Crippen LogP contribution in [0.15, 0.2) is 42.5 Å². The molecule has 1 nitrogen and oxygen atoms in total. The molecule has 1 unspecified atom stereocenters. The Bertz CT molecular complexity index is 596. The third-order valence-electron chi connectivity index (χ3n) is 4.04. The van der Waals surface area contributed by atoms with Gasteiger partial charge in [-0.05, 0) is 48.4 Å². The van der Waals surface area contributed by atoms with E-state index in [0.717, 1.165) is 18.8 Å². The molecule has 0 bridgehead atoms. The van der Waals surface area contributed by atoms with Crippen molar-refractivity contribution in [3.63, 3.8) is 0 Å². The third kappa shape index (κ3) is 2.72. The number of rotatable bonds is 3. The first-order valence-corrected chi connectivity index (χ1v) is 7.57. The first-order valence-electron chi connectivity index (χ1n) is 7.57. The summed E-state index contributed by atoms with van der Waals surface area (Å²) in [5, 5.41) is 3.64. The lowest BCUT2D eigenvalue weighted by molar-refractivity contribution is 0.647. The molecule has 3 rings (SSSR count). The van der Waals surface area contributed by atoms with Crippen LogP contribution >= 0.6 is 0 Å². The van der Waals surface area contributed by atoms with Crippen molar-refractivity contribution in [1.82, 2.24) is 0 Å². The number of benzene rings is 2. The van der Waals surface area contributed by atoms with Crippen molar-refractivity contribution < 1.29 is 0 Å². The van der Waals surface area contributed by atoms with E-state index in [1.165, 1.54) is 27.9 Å². The van der Waals surface area contributed by atoms with Gasteiger partial charge >= 0.3 is 0 Å². The summed E-state index contributed by atoms with van der Waals surface area (Å²) in [6, 6.07) is 16.3. The summed E-state index contributed by atoms with van der Waals surface area (Å²) >= 11 is 0. The van der Waals surface area contributed by atoms with Gasteiger partial charge in [0.25, 0.3) is 0 Å². The summed E-state index contributed by atoms with van der Waals surface area (Å²) in [5.74, 6) is 0.720. The lowest BCUT2D eigenvalue weighted by atomic mass is 9.98. The summed E-state index contributed by atoms with van der Waals surface area (Å²) in [4.78, 5) is 0. The van der Waals surface area contributed by atoms with Gasteiger partial charge in [-0.2, -0.15) is 0 Å². The van der Waals surface area contributed by atoms with Gasteiger partial charge in [0.1, 0.15) is 0 Å². The van der Waals surface area contributed by atoms with Gasteiger partial charge in [-0.1, -0.05) is 55.8 Å². The molecule has 0 radical (unpaired) electrons. The zero-order valence-corrected chi connectivity index (χ0v) is 12.6. The van der Waals surface area contributed by atoms with Crippen molar-refractivity contribution in [1.29, 1.82) is 0 Å². The van der Waals surface area contributed by atoms with E-state index in [1.54, 1.807) is 0 Å². The minimum Gasteiger partial charge on any atom is -0.378 e. The van der Waals surface area contributed by atoms with Crippen molar-refractivity contribution in [2.75, 3.05) is 5.32 Å². The second-order valence-electron chi connectivity index (χ2n) is 6.40. The summed E-state index contributed by atoms with van der Waals surface area (Å²) in [7, 11) is 0. The Kier molecular flexibility index (Phi) is 3.52. The Morgan fingerprint density at radius 2 is 1.85 bits per heavy atom. The molecule has 0 spiro atoms. The monoisotopic (exact) mass is 265 g/mol. The van der Waals surface area contributed by atoms with Gasteiger partial charge in [-0.25, -0.2) is 0 Å². The molecule has 2 aromatic carbocycles. The van der Waals surface area contributed by atoms with Crippen molar-refractivity contribution in [2.45, 2.75) is 39.7 Å². The molecule has 1 heteroatoms. The van der Waals surface area contributed by atoms with E-state index in [0.29, 0.717) is 6.04 Å². The predicted molar refractivity (Wildman–Crippen MR) is 86.2 cm³/mol. The summed E-state index contributed by atoms with van der Waals surface area (Å²) < 4.78 is 0. The average molecular weight is 265 g/mol. The molecular weight excluding hydrogens is 242 g/mol. The first-order chi connectivity index (χ1) is 9.61. The van der Waals surface area contributed by atoms with Crippen LogP contribution in [-0.2, 0) is 12.8 Å². The second kappa shape index (κ2) is 5.32. The quantitative estimate of drug-likeness (QED) is 0.832. The fourth-order valence-electron chi connectivity index (χ4n) is 3.05. The molecule has 1 heterocycles. The van der Waals surface area contributed by atoms with E-state index in [9.17, 15) is 0 Å². The van der Waals surface area contributed by atoms with Gasteiger partial charge in [0.05, 0.1) is 6.04 Å². The number of anilines is 1. The molecule has 1 N–H and O–H groups in total. The lowest BCUT2D eigenvalue weighted by Gasteiger charge is -2.13. The van der Waals surface area contributed by atoms with E-state index in [4.69, 9.17) is 0 Å². The van der Waals surface area contributed by atoms with Crippen LogP contribution in [-0.4, -0.2) is 0 Å². The zero-order chi connectivity index (χ0) is 14.1. The van der Waals surface area contributed by atoms with Crippen LogP contribution in [0.1, 0.15) is 42.1 Å². The Hall–Kier alpha value is -1.76. The van der Waals surface area contributed by atoms with E-state index in [-0.39, 0.29) is 0 Å². The first kappa shape index (κ1) is 13.2. The maximum atomic E-state index is 3.64. The fourth-order valence-corrected chi connectivity index (χ4v) is 3.05. The van der Waals surface area contributed by atoms with Crippen molar-refractivity contribution in [2.24, 2.45) is 5.92 Å². The third-order valence-corrected chi connectivity index (χ3v) is 4.04. The Labute approximate surface area is 122 Å². The van der Waals surface area contributed by atoms with Gasteiger partial charge in [0.15, 0.2) is 0 Å². The summed E-state index contributed by atoms with van der Waals surface area (Å²) in [6.45, 7) is 6.70. The van der Waals surface area contributed by atoms with Crippen molar-refractivity contribution in [3.8, 4) is 0 Å². The molecule has 0 saturated heterocycles. The van der Waals surface area contributed by atoms with E-state index < -0.39 is 0 Å². The largest absolute Gasteiger partial charge is 0.378 e. The van der Waals surface area contributed by atoms with Crippen LogP contribution in [0.5, 0.6) is 0 Å². The molecule has 0 aromatic heterocycles. The molecule has 0 aliphatic carbocycles. The normalized spacial score (nSPS) is 17.1. The van der Waals surface area contributed by atoms with E-state index in [2.05, 4.69) is 68.6 Å². The molecule has 104 valence electrons. The average Bonchev–Trinajstić information content (AvgIpc) is 2.81. The van der Waals surface area contributed by atoms with Gasteiger partial charge in [-0.3, -0.25) is 0 Å². The van der Waals surface area contributed by atoms with Crippen molar-refractivity contribution >= 4 is 5.69 Å². The SMILES string of the molecule is Cc1ccc2c(c1)CC(c1ccc(CC(C)C)cc1)N2. The number of nitrogens with one attached hydrogen (secondary N) is 1. The Morgan fingerprint density at radius 3 is 2.55 bits per heavy atom. The van der Waals surface area contributed by atoms with Crippen LogP contribution in [0.25, 0.3) is 0 Å². The minimum atomic E-state index is 0.430. The van der Waals surface area contributed by atoms with Crippen LogP contribution in [0, 0.1) is 12.8 Å². The van der Waals surface area contributed by atoms with Gasteiger partial charge in [0.2, 0.25) is 0 Å². The topological polar surface area (TPSA) is 12.0 Å². The molecule has 1 aliphatic rings. The molecule has 1 atom stereocenters.